The van der Waals surface area contributed by atoms with Crippen LogP contribution in [-0.4, -0.2) is 42.3 Å². The molecule has 6 nitrogen and oxygen atoms in total. The van der Waals surface area contributed by atoms with Crippen molar-refractivity contribution in [3.8, 4) is 11.3 Å². The molecule has 1 saturated carbocycles. The molecule has 1 aromatic heterocycles. The summed E-state index contributed by atoms with van der Waals surface area (Å²) in [6, 6.07) is 21.1. The summed E-state index contributed by atoms with van der Waals surface area (Å²) >= 11 is 0. The highest BCUT2D eigenvalue weighted by molar-refractivity contribution is 5.75. The molecule has 3 aromatic rings. The zero-order chi connectivity index (χ0) is 19.5. The molecule has 2 aromatic carbocycles. The first-order valence-electron chi connectivity index (χ1n) is 10.2. The van der Waals surface area contributed by atoms with Crippen LogP contribution in [0, 0.1) is 0 Å². The van der Waals surface area contributed by atoms with Gasteiger partial charge in [0.1, 0.15) is 5.82 Å². The van der Waals surface area contributed by atoms with Gasteiger partial charge < -0.3 is 20.3 Å². The standard InChI is InChI=1S/C23H25N5O/c1-2-6-17(7-3-1)20-16-22(24-18-10-11-18)27-23(26-20)25-19-8-4-5-9-21(19)28-12-14-29-15-13-28/h1-9,16,18H,10-15H2,(H2,24,25,26,27). The molecule has 2 fully saturated rings. The molecule has 0 atom stereocenters. The van der Waals surface area contributed by atoms with Crippen molar-refractivity contribution >= 4 is 23.1 Å². The van der Waals surface area contributed by atoms with Crippen molar-refractivity contribution in [3.05, 3.63) is 60.7 Å². The first-order valence-corrected chi connectivity index (χ1v) is 10.2. The Morgan fingerprint density at radius 1 is 0.897 bits per heavy atom. The van der Waals surface area contributed by atoms with E-state index in [4.69, 9.17) is 14.7 Å². The molecular weight excluding hydrogens is 362 g/mol. The highest BCUT2D eigenvalue weighted by Gasteiger charge is 2.22. The summed E-state index contributed by atoms with van der Waals surface area (Å²) in [5, 5.41) is 6.98. The van der Waals surface area contributed by atoms with E-state index in [0.29, 0.717) is 12.0 Å². The number of para-hydroxylation sites is 2. The van der Waals surface area contributed by atoms with E-state index in [1.807, 2.05) is 30.3 Å². The molecule has 0 bridgehead atoms. The smallest absolute Gasteiger partial charge is 0.229 e. The third-order valence-electron chi connectivity index (χ3n) is 5.23. The number of nitrogens with one attached hydrogen (secondary N) is 2. The zero-order valence-electron chi connectivity index (χ0n) is 16.3. The summed E-state index contributed by atoms with van der Waals surface area (Å²) in [6.45, 7) is 3.28. The normalized spacial score (nSPS) is 16.5. The Hall–Kier alpha value is -3.12. The zero-order valence-corrected chi connectivity index (χ0v) is 16.3. The van der Waals surface area contributed by atoms with Gasteiger partial charge in [0.05, 0.1) is 30.3 Å². The predicted molar refractivity (Wildman–Crippen MR) is 117 cm³/mol. The number of benzene rings is 2. The highest BCUT2D eigenvalue weighted by Crippen LogP contribution is 2.31. The van der Waals surface area contributed by atoms with Crippen molar-refractivity contribution in [2.45, 2.75) is 18.9 Å². The van der Waals surface area contributed by atoms with Crippen LogP contribution >= 0.6 is 0 Å². The molecule has 1 saturated heterocycles. The monoisotopic (exact) mass is 387 g/mol. The molecule has 2 heterocycles. The van der Waals surface area contributed by atoms with E-state index in [-0.39, 0.29) is 0 Å². The maximum atomic E-state index is 5.51. The van der Waals surface area contributed by atoms with Gasteiger partial charge in [-0.2, -0.15) is 4.98 Å². The summed E-state index contributed by atoms with van der Waals surface area (Å²) in [5.74, 6) is 1.47. The SMILES string of the molecule is c1ccc(-c2cc(NC3CC3)nc(Nc3ccccc3N3CCOCC3)n2)cc1. The number of nitrogens with zero attached hydrogens (tertiary/aromatic N) is 3. The van der Waals surface area contributed by atoms with Crippen LogP contribution in [-0.2, 0) is 4.74 Å². The summed E-state index contributed by atoms with van der Waals surface area (Å²) in [7, 11) is 0. The van der Waals surface area contributed by atoms with Gasteiger partial charge in [-0.3, -0.25) is 0 Å². The number of anilines is 4. The minimum atomic E-state index is 0.530. The lowest BCUT2D eigenvalue weighted by Crippen LogP contribution is -2.36. The molecular formula is C23H25N5O. The van der Waals surface area contributed by atoms with E-state index in [1.165, 1.54) is 12.8 Å². The fraction of sp³-hybridized carbons (Fsp3) is 0.304. The van der Waals surface area contributed by atoms with Gasteiger partial charge in [-0.15, -0.1) is 0 Å². The van der Waals surface area contributed by atoms with Crippen LogP contribution in [0.25, 0.3) is 11.3 Å². The first kappa shape index (κ1) is 17.9. The van der Waals surface area contributed by atoms with Crippen LogP contribution in [0.15, 0.2) is 60.7 Å². The van der Waals surface area contributed by atoms with Crippen molar-refractivity contribution in [1.29, 1.82) is 0 Å². The third kappa shape index (κ3) is 4.32. The minimum absolute atomic E-state index is 0.530. The van der Waals surface area contributed by atoms with Crippen LogP contribution in [0.2, 0.25) is 0 Å². The Morgan fingerprint density at radius 3 is 2.45 bits per heavy atom. The lowest BCUT2D eigenvalue weighted by molar-refractivity contribution is 0.123. The third-order valence-corrected chi connectivity index (χ3v) is 5.23. The summed E-state index contributed by atoms with van der Waals surface area (Å²) in [6.07, 6.45) is 2.40. The number of rotatable bonds is 6. The van der Waals surface area contributed by atoms with Crippen molar-refractivity contribution in [2.24, 2.45) is 0 Å². The van der Waals surface area contributed by atoms with Crippen molar-refractivity contribution in [3.63, 3.8) is 0 Å². The van der Waals surface area contributed by atoms with E-state index in [0.717, 1.165) is 54.8 Å². The van der Waals surface area contributed by atoms with Crippen LogP contribution in [0.5, 0.6) is 0 Å². The molecule has 0 amide bonds. The largest absolute Gasteiger partial charge is 0.378 e. The van der Waals surface area contributed by atoms with E-state index in [1.54, 1.807) is 0 Å². The second-order valence-electron chi connectivity index (χ2n) is 7.49. The van der Waals surface area contributed by atoms with Crippen LogP contribution in [0.3, 0.4) is 0 Å². The average molecular weight is 387 g/mol. The molecule has 0 unspecified atom stereocenters. The van der Waals surface area contributed by atoms with Gasteiger partial charge in [-0.1, -0.05) is 42.5 Å². The lowest BCUT2D eigenvalue weighted by Gasteiger charge is -2.30. The maximum Gasteiger partial charge on any atom is 0.229 e. The Balaban J connectivity index is 1.48. The number of hydrogen-bond donors (Lipinski definition) is 2. The molecule has 1 aliphatic carbocycles. The van der Waals surface area contributed by atoms with E-state index >= 15 is 0 Å². The molecule has 2 N–H and O–H groups in total. The highest BCUT2D eigenvalue weighted by atomic mass is 16.5. The molecule has 29 heavy (non-hydrogen) atoms. The minimum Gasteiger partial charge on any atom is -0.378 e. The Kier molecular flexibility index (Phi) is 5.01. The van der Waals surface area contributed by atoms with E-state index < -0.39 is 0 Å². The molecule has 148 valence electrons. The fourth-order valence-corrected chi connectivity index (χ4v) is 3.55. The molecule has 6 heteroatoms. The number of morpholine rings is 1. The van der Waals surface area contributed by atoms with Crippen LogP contribution in [0.1, 0.15) is 12.8 Å². The van der Waals surface area contributed by atoms with Gasteiger partial charge in [0.2, 0.25) is 5.95 Å². The quantitative estimate of drug-likeness (QED) is 0.658. The van der Waals surface area contributed by atoms with Gasteiger partial charge in [-0.25, -0.2) is 4.98 Å². The Bertz CT molecular complexity index is 968. The number of ether oxygens (including phenoxy) is 1. The number of hydrogen-bond acceptors (Lipinski definition) is 6. The summed E-state index contributed by atoms with van der Waals surface area (Å²) in [4.78, 5) is 11.9. The lowest BCUT2D eigenvalue weighted by atomic mass is 10.1. The summed E-state index contributed by atoms with van der Waals surface area (Å²) < 4.78 is 5.51. The molecule has 0 spiro atoms. The van der Waals surface area contributed by atoms with Gasteiger partial charge in [0.15, 0.2) is 0 Å². The number of aromatic nitrogens is 2. The van der Waals surface area contributed by atoms with Gasteiger partial charge in [0.25, 0.3) is 0 Å². The van der Waals surface area contributed by atoms with Crippen LogP contribution < -0.4 is 15.5 Å². The second kappa shape index (κ2) is 8.09. The van der Waals surface area contributed by atoms with Crippen molar-refractivity contribution < 1.29 is 4.74 Å². The Morgan fingerprint density at radius 2 is 1.66 bits per heavy atom. The fourth-order valence-electron chi connectivity index (χ4n) is 3.55. The first-order chi connectivity index (χ1) is 14.3. The predicted octanol–water partition coefficient (Wildman–Crippen LogP) is 4.30. The van der Waals surface area contributed by atoms with Crippen LogP contribution in [0.4, 0.5) is 23.1 Å². The topological polar surface area (TPSA) is 62.3 Å². The van der Waals surface area contributed by atoms with Crippen molar-refractivity contribution in [1.82, 2.24) is 9.97 Å². The van der Waals surface area contributed by atoms with Gasteiger partial charge in [0, 0.05) is 30.8 Å². The van der Waals surface area contributed by atoms with E-state index in [9.17, 15) is 0 Å². The van der Waals surface area contributed by atoms with E-state index in [2.05, 4.69) is 45.9 Å². The van der Waals surface area contributed by atoms with Gasteiger partial charge >= 0.3 is 0 Å². The Labute approximate surface area is 171 Å². The molecule has 5 rings (SSSR count). The average Bonchev–Trinajstić information content (AvgIpc) is 3.59. The molecule has 0 radical (unpaired) electrons. The van der Waals surface area contributed by atoms with Crippen molar-refractivity contribution in [2.75, 3.05) is 41.8 Å². The molecule has 2 aliphatic rings. The van der Waals surface area contributed by atoms with Gasteiger partial charge in [-0.05, 0) is 25.0 Å². The maximum absolute atomic E-state index is 5.51. The molecule has 1 aliphatic heterocycles. The summed E-state index contributed by atoms with van der Waals surface area (Å²) in [5.41, 5.74) is 4.16. The second-order valence-corrected chi connectivity index (χ2v) is 7.49.